The number of urea groups is 1. The van der Waals surface area contributed by atoms with Crippen LogP contribution in [0.2, 0.25) is 0 Å². The third-order valence-electron chi connectivity index (χ3n) is 4.14. The largest absolute Gasteiger partial charge is 0.490 e. The third-order valence-corrected chi connectivity index (χ3v) is 4.14. The highest BCUT2D eigenvalue weighted by atomic mass is 19.1. The molecule has 0 saturated carbocycles. The summed E-state index contributed by atoms with van der Waals surface area (Å²) in [6.07, 6.45) is 1.03. The van der Waals surface area contributed by atoms with Crippen LogP contribution in [0.3, 0.4) is 0 Å². The van der Waals surface area contributed by atoms with Crippen molar-refractivity contribution in [3.63, 3.8) is 0 Å². The molecule has 2 heterocycles. The monoisotopic (exact) mass is 334 g/mol. The lowest BCUT2D eigenvalue weighted by Crippen LogP contribution is -2.34. The summed E-state index contributed by atoms with van der Waals surface area (Å²) in [6.45, 7) is 0.769. The van der Waals surface area contributed by atoms with Crippen molar-refractivity contribution in [1.82, 2.24) is 20.9 Å². The molecule has 1 aliphatic rings. The molecule has 4 N–H and O–H groups in total. The molecule has 0 saturated heterocycles. The van der Waals surface area contributed by atoms with Crippen LogP contribution in [0, 0.1) is 5.82 Å². The molecule has 1 aromatic carbocycles. The Balaban J connectivity index is 2.07. The van der Waals surface area contributed by atoms with Gasteiger partial charge in [-0.3, -0.25) is 4.79 Å². The van der Waals surface area contributed by atoms with Crippen molar-refractivity contribution in [1.29, 1.82) is 0 Å². The molecule has 0 aliphatic carbocycles. The first kappa shape index (κ1) is 16.1. The molecule has 7 nitrogen and oxygen atoms in total. The minimum Gasteiger partial charge on any atom is -0.490 e. The lowest BCUT2D eigenvalue weighted by atomic mass is 10.00. The highest BCUT2D eigenvalue weighted by molar-refractivity contribution is 6.02. The van der Waals surface area contributed by atoms with Crippen LogP contribution in [0.5, 0.6) is 5.75 Å². The second-order valence-corrected chi connectivity index (χ2v) is 5.50. The van der Waals surface area contributed by atoms with Crippen LogP contribution in [0.25, 0.3) is 10.9 Å². The van der Waals surface area contributed by atoms with Crippen molar-refractivity contribution in [2.24, 2.45) is 0 Å². The van der Waals surface area contributed by atoms with Gasteiger partial charge in [-0.25, -0.2) is 9.18 Å². The van der Waals surface area contributed by atoms with Gasteiger partial charge in [-0.15, -0.1) is 0 Å². The van der Waals surface area contributed by atoms with E-state index in [4.69, 9.17) is 4.74 Å². The van der Waals surface area contributed by atoms with Crippen molar-refractivity contribution in [3.05, 3.63) is 28.7 Å². The quantitative estimate of drug-likeness (QED) is 0.674. The van der Waals surface area contributed by atoms with Crippen molar-refractivity contribution in [2.75, 3.05) is 27.2 Å². The Morgan fingerprint density at radius 2 is 2.12 bits per heavy atom. The maximum atomic E-state index is 14.1. The molecule has 0 unspecified atom stereocenters. The predicted octanol–water partition coefficient (Wildman–Crippen LogP) is 1.07. The SMILES string of the molecule is CNC(=O)NCCc1c(C(=O)NC)[nH]c2cc(F)c3c(c12)CCO3. The number of H-pyrrole nitrogens is 1. The van der Waals surface area contributed by atoms with Crippen molar-refractivity contribution in [3.8, 4) is 5.75 Å². The fraction of sp³-hybridized carbons (Fsp3) is 0.375. The van der Waals surface area contributed by atoms with Gasteiger partial charge in [0, 0.05) is 49.6 Å². The highest BCUT2D eigenvalue weighted by Gasteiger charge is 2.26. The number of rotatable bonds is 4. The maximum absolute atomic E-state index is 14.1. The normalized spacial score (nSPS) is 12.6. The van der Waals surface area contributed by atoms with Crippen LogP contribution in [0.4, 0.5) is 9.18 Å². The summed E-state index contributed by atoms with van der Waals surface area (Å²) >= 11 is 0. The lowest BCUT2D eigenvalue weighted by Gasteiger charge is -2.08. The molecule has 0 bridgehead atoms. The molecule has 0 atom stereocenters. The standard InChI is InChI=1S/C16H19FN4O3/c1-18-15(22)13-8(3-5-20-16(23)19-2)12-9-4-6-24-14(9)10(17)7-11(12)21-13/h7,21H,3-6H2,1-2H3,(H,18,22)(H2,19,20,23). The van der Waals surface area contributed by atoms with Crippen LogP contribution >= 0.6 is 0 Å². The zero-order valence-electron chi connectivity index (χ0n) is 13.5. The number of benzene rings is 1. The van der Waals surface area contributed by atoms with Crippen molar-refractivity contribution < 1.29 is 18.7 Å². The first-order chi connectivity index (χ1) is 11.6. The van der Waals surface area contributed by atoms with E-state index in [1.54, 1.807) is 0 Å². The van der Waals surface area contributed by atoms with Crippen LogP contribution in [0.15, 0.2) is 6.07 Å². The molecular formula is C16H19FN4O3. The van der Waals surface area contributed by atoms with E-state index in [1.165, 1.54) is 20.2 Å². The molecule has 2 aromatic rings. The molecule has 3 amide bonds. The number of hydrogen-bond acceptors (Lipinski definition) is 3. The Morgan fingerprint density at radius 3 is 2.83 bits per heavy atom. The Labute approximate surface area is 137 Å². The lowest BCUT2D eigenvalue weighted by molar-refractivity contribution is 0.0958. The molecule has 8 heteroatoms. The number of hydrogen-bond donors (Lipinski definition) is 4. The highest BCUT2D eigenvalue weighted by Crippen LogP contribution is 2.38. The van der Waals surface area contributed by atoms with E-state index in [9.17, 15) is 14.0 Å². The van der Waals surface area contributed by atoms with Gasteiger partial charge in [0.2, 0.25) is 0 Å². The summed E-state index contributed by atoms with van der Waals surface area (Å²) in [6, 6.07) is 1.05. The summed E-state index contributed by atoms with van der Waals surface area (Å²) in [4.78, 5) is 26.5. The zero-order valence-corrected chi connectivity index (χ0v) is 13.5. The van der Waals surface area contributed by atoms with E-state index in [0.717, 1.165) is 16.5 Å². The van der Waals surface area contributed by atoms with E-state index in [1.807, 2.05) is 0 Å². The number of carbonyl (C=O) groups is 2. The van der Waals surface area contributed by atoms with Gasteiger partial charge >= 0.3 is 6.03 Å². The molecule has 1 aliphatic heterocycles. The molecule has 128 valence electrons. The second-order valence-electron chi connectivity index (χ2n) is 5.50. The predicted molar refractivity (Wildman–Crippen MR) is 87.0 cm³/mol. The smallest absolute Gasteiger partial charge is 0.314 e. The van der Waals surface area contributed by atoms with Crippen LogP contribution < -0.4 is 20.7 Å². The summed E-state index contributed by atoms with van der Waals surface area (Å²) in [5.74, 6) is -0.463. The number of aromatic amines is 1. The number of nitrogens with one attached hydrogen (secondary N) is 4. The summed E-state index contributed by atoms with van der Waals surface area (Å²) in [5.41, 5.74) is 2.46. The fourth-order valence-corrected chi connectivity index (χ4v) is 3.07. The molecule has 0 fully saturated rings. The first-order valence-corrected chi connectivity index (χ1v) is 7.73. The van der Waals surface area contributed by atoms with Crippen LogP contribution in [-0.2, 0) is 12.8 Å². The van der Waals surface area contributed by atoms with Gasteiger partial charge in [0.1, 0.15) is 5.69 Å². The van der Waals surface area contributed by atoms with Gasteiger partial charge in [-0.05, 0) is 12.0 Å². The third kappa shape index (κ3) is 2.64. The van der Waals surface area contributed by atoms with Crippen LogP contribution in [-0.4, -0.2) is 44.2 Å². The Bertz CT molecular complexity index is 815. The van der Waals surface area contributed by atoms with Crippen molar-refractivity contribution >= 4 is 22.8 Å². The molecular weight excluding hydrogens is 315 g/mol. The molecule has 3 rings (SSSR count). The summed E-state index contributed by atoms with van der Waals surface area (Å²) < 4.78 is 19.5. The molecule has 0 spiro atoms. The summed E-state index contributed by atoms with van der Waals surface area (Å²) in [5, 5.41) is 8.56. The number of amides is 3. The van der Waals surface area contributed by atoms with E-state index < -0.39 is 5.82 Å². The number of fused-ring (bicyclic) bond motifs is 3. The van der Waals surface area contributed by atoms with E-state index in [2.05, 4.69) is 20.9 Å². The average molecular weight is 334 g/mol. The van der Waals surface area contributed by atoms with Gasteiger partial charge < -0.3 is 25.7 Å². The number of carbonyl (C=O) groups excluding carboxylic acids is 2. The topological polar surface area (TPSA) is 95.3 Å². The number of aromatic nitrogens is 1. The maximum Gasteiger partial charge on any atom is 0.314 e. The van der Waals surface area contributed by atoms with E-state index in [-0.39, 0.29) is 17.7 Å². The second kappa shape index (κ2) is 6.38. The van der Waals surface area contributed by atoms with E-state index in [0.29, 0.717) is 37.2 Å². The number of halogens is 1. The first-order valence-electron chi connectivity index (χ1n) is 7.73. The minimum absolute atomic E-state index is 0.255. The Hall–Kier alpha value is -2.77. The molecule has 1 aromatic heterocycles. The van der Waals surface area contributed by atoms with Gasteiger partial charge in [0.05, 0.1) is 6.61 Å². The minimum atomic E-state index is -0.435. The Morgan fingerprint density at radius 1 is 1.33 bits per heavy atom. The van der Waals surface area contributed by atoms with Crippen molar-refractivity contribution in [2.45, 2.75) is 12.8 Å². The fourth-order valence-electron chi connectivity index (χ4n) is 3.07. The van der Waals surface area contributed by atoms with Gasteiger partial charge in [-0.2, -0.15) is 0 Å². The van der Waals surface area contributed by atoms with Gasteiger partial charge in [0.25, 0.3) is 5.91 Å². The summed E-state index contributed by atoms with van der Waals surface area (Å²) in [7, 11) is 3.07. The van der Waals surface area contributed by atoms with Gasteiger partial charge in [-0.1, -0.05) is 0 Å². The number of ether oxygens (including phenoxy) is 1. The van der Waals surface area contributed by atoms with E-state index >= 15 is 0 Å². The Kier molecular flexibility index (Phi) is 4.28. The average Bonchev–Trinajstić information content (AvgIpc) is 3.19. The zero-order chi connectivity index (χ0) is 17.3. The van der Waals surface area contributed by atoms with Gasteiger partial charge in [0.15, 0.2) is 11.6 Å². The van der Waals surface area contributed by atoms with Crippen LogP contribution in [0.1, 0.15) is 21.6 Å². The molecule has 0 radical (unpaired) electrons. The molecule has 24 heavy (non-hydrogen) atoms.